The molecule has 9 nitrogen and oxygen atoms in total. The Morgan fingerprint density at radius 3 is 2.74 bits per heavy atom. The van der Waals surface area contributed by atoms with Gasteiger partial charge in [-0.2, -0.15) is 5.10 Å². The minimum Gasteiger partial charge on any atom is -0.480 e. The van der Waals surface area contributed by atoms with E-state index in [2.05, 4.69) is 15.1 Å². The lowest BCUT2D eigenvalue weighted by molar-refractivity contribution is -0.137. The number of hydrogen-bond donors (Lipinski definition) is 3. The van der Waals surface area contributed by atoms with Crippen LogP contribution in [0.25, 0.3) is 0 Å². The van der Waals surface area contributed by atoms with Gasteiger partial charge in [-0.1, -0.05) is 0 Å². The van der Waals surface area contributed by atoms with Gasteiger partial charge in [0.1, 0.15) is 11.4 Å². The predicted molar refractivity (Wildman–Crippen MR) is 63.7 cm³/mol. The van der Waals surface area contributed by atoms with Gasteiger partial charge in [0.15, 0.2) is 0 Å². The fraction of sp³-hybridized carbons (Fsp3) is 0.444. The second-order valence-corrected chi connectivity index (χ2v) is 5.31. The molecule has 0 aliphatic carbocycles. The molecule has 0 saturated carbocycles. The first-order valence-electron chi connectivity index (χ1n) is 5.35. The minimum atomic E-state index is -3.88. The Bertz CT molecular complexity index is 565. The number of carboxylic acids is 1. The molecule has 1 rings (SSSR count). The quantitative estimate of drug-likeness (QED) is 0.553. The highest BCUT2D eigenvalue weighted by Gasteiger charge is 2.18. The van der Waals surface area contributed by atoms with Gasteiger partial charge in [-0.05, 0) is 6.92 Å². The number of carboxylic acid groups (broad SMARTS) is 1. The number of carbonyl (C=O) groups excluding carboxylic acids is 1. The Labute approximate surface area is 109 Å². The van der Waals surface area contributed by atoms with Crippen LogP contribution in [0.4, 0.5) is 0 Å². The van der Waals surface area contributed by atoms with Crippen LogP contribution in [-0.2, 0) is 26.2 Å². The average molecular weight is 290 g/mol. The van der Waals surface area contributed by atoms with E-state index in [0.717, 1.165) is 17.1 Å². The summed E-state index contributed by atoms with van der Waals surface area (Å²) in [6.07, 6.45) is 2.09. The molecule has 0 aliphatic heterocycles. The van der Waals surface area contributed by atoms with Crippen molar-refractivity contribution in [1.29, 1.82) is 0 Å². The molecular formula is C9H14N4O5S. The number of sulfonamides is 1. The van der Waals surface area contributed by atoms with Crippen molar-refractivity contribution in [1.82, 2.24) is 19.8 Å². The molecule has 1 heterocycles. The highest BCUT2D eigenvalue weighted by Crippen LogP contribution is 2.06. The monoisotopic (exact) mass is 290 g/mol. The van der Waals surface area contributed by atoms with Crippen LogP contribution in [0, 0.1) is 0 Å². The molecular weight excluding hydrogens is 276 g/mol. The van der Waals surface area contributed by atoms with E-state index in [1.54, 1.807) is 6.92 Å². The third kappa shape index (κ3) is 4.67. The lowest BCUT2D eigenvalue weighted by Gasteiger charge is -2.04. The molecule has 0 radical (unpaired) electrons. The summed E-state index contributed by atoms with van der Waals surface area (Å²) in [7, 11) is -3.88. The number of hydrogen-bond acceptors (Lipinski definition) is 5. The summed E-state index contributed by atoms with van der Waals surface area (Å²) in [5.74, 6) is -1.59. The van der Waals surface area contributed by atoms with E-state index in [0.29, 0.717) is 6.54 Å². The lowest BCUT2D eigenvalue weighted by Crippen LogP contribution is -2.36. The summed E-state index contributed by atoms with van der Waals surface area (Å²) < 4.78 is 26.6. The van der Waals surface area contributed by atoms with E-state index < -0.39 is 28.4 Å². The predicted octanol–water partition coefficient (Wildman–Crippen LogP) is -1.62. The van der Waals surface area contributed by atoms with Crippen molar-refractivity contribution < 1.29 is 23.1 Å². The molecule has 1 aromatic heterocycles. The summed E-state index contributed by atoms with van der Waals surface area (Å²) in [5, 5.41) is 14.6. The third-order valence-electron chi connectivity index (χ3n) is 2.01. The Hall–Kier alpha value is -1.94. The van der Waals surface area contributed by atoms with Crippen molar-refractivity contribution in [3.8, 4) is 0 Å². The lowest BCUT2D eigenvalue weighted by atomic mass is 10.6. The van der Waals surface area contributed by atoms with E-state index in [9.17, 15) is 18.0 Å². The zero-order valence-corrected chi connectivity index (χ0v) is 11.0. The van der Waals surface area contributed by atoms with Crippen LogP contribution in [0.2, 0.25) is 0 Å². The Balaban J connectivity index is 2.69. The van der Waals surface area contributed by atoms with Crippen molar-refractivity contribution in [3.05, 3.63) is 12.4 Å². The molecule has 3 N–H and O–H groups in total. The van der Waals surface area contributed by atoms with E-state index in [-0.39, 0.29) is 11.4 Å². The number of nitrogens with zero attached hydrogens (tertiary/aromatic N) is 2. The second-order valence-electron chi connectivity index (χ2n) is 3.55. The van der Waals surface area contributed by atoms with Crippen LogP contribution < -0.4 is 10.0 Å². The third-order valence-corrected chi connectivity index (χ3v) is 3.37. The van der Waals surface area contributed by atoms with Crippen molar-refractivity contribution >= 4 is 21.9 Å². The SMILES string of the molecule is CCNC(=O)CNS(=O)(=O)c1cnn(CC(=O)O)c1. The first kappa shape index (κ1) is 15.1. The summed E-state index contributed by atoms with van der Waals surface area (Å²) in [4.78, 5) is 21.4. The molecule has 0 atom stereocenters. The van der Waals surface area contributed by atoms with Crippen LogP contribution in [-0.4, -0.2) is 48.3 Å². The van der Waals surface area contributed by atoms with Crippen molar-refractivity contribution in [2.45, 2.75) is 18.4 Å². The second kappa shape index (κ2) is 6.29. The van der Waals surface area contributed by atoms with Gasteiger partial charge in [0.25, 0.3) is 0 Å². The highest BCUT2D eigenvalue weighted by molar-refractivity contribution is 7.89. The first-order chi connectivity index (χ1) is 8.85. The zero-order chi connectivity index (χ0) is 14.5. The molecule has 0 fully saturated rings. The molecule has 1 amide bonds. The van der Waals surface area contributed by atoms with Gasteiger partial charge < -0.3 is 10.4 Å². The number of likely N-dealkylation sites (N-methyl/N-ethyl adjacent to an activating group) is 1. The number of rotatable bonds is 7. The van der Waals surface area contributed by atoms with Crippen LogP contribution in [0.15, 0.2) is 17.3 Å². The molecule has 19 heavy (non-hydrogen) atoms. The van der Waals surface area contributed by atoms with Crippen LogP contribution >= 0.6 is 0 Å². The molecule has 0 saturated heterocycles. The zero-order valence-electron chi connectivity index (χ0n) is 10.2. The number of carbonyl (C=O) groups is 2. The molecule has 10 heteroatoms. The maximum atomic E-state index is 11.7. The fourth-order valence-electron chi connectivity index (χ4n) is 1.21. The standard InChI is InChI=1S/C9H14N4O5S/c1-2-10-8(14)4-12-19(17,18)7-3-11-13(5-7)6-9(15)16/h3,5,12H,2,4,6H2,1H3,(H,10,14)(H,15,16). The van der Waals surface area contributed by atoms with Crippen LogP contribution in [0.1, 0.15) is 6.92 Å². The Kier molecular flexibility index (Phi) is 5.01. The van der Waals surface area contributed by atoms with Gasteiger partial charge in [-0.15, -0.1) is 0 Å². The van der Waals surface area contributed by atoms with Gasteiger partial charge in [0.05, 0.1) is 12.7 Å². The van der Waals surface area contributed by atoms with E-state index in [4.69, 9.17) is 5.11 Å². The van der Waals surface area contributed by atoms with E-state index in [1.807, 2.05) is 0 Å². The number of nitrogens with one attached hydrogen (secondary N) is 2. The van der Waals surface area contributed by atoms with Gasteiger partial charge in [0.2, 0.25) is 15.9 Å². The minimum absolute atomic E-state index is 0.196. The maximum Gasteiger partial charge on any atom is 0.325 e. The molecule has 106 valence electrons. The molecule has 0 bridgehead atoms. The number of aliphatic carboxylic acids is 1. The Morgan fingerprint density at radius 1 is 1.47 bits per heavy atom. The summed E-state index contributed by atoms with van der Waals surface area (Å²) in [6.45, 7) is 1.28. The van der Waals surface area contributed by atoms with Gasteiger partial charge in [-0.25, -0.2) is 13.1 Å². The summed E-state index contributed by atoms with van der Waals surface area (Å²) in [6, 6.07) is 0. The van der Waals surface area contributed by atoms with Crippen molar-refractivity contribution in [2.75, 3.05) is 13.1 Å². The summed E-state index contributed by atoms with van der Waals surface area (Å²) >= 11 is 0. The van der Waals surface area contributed by atoms with E-state index >= 15 is 0 Å². The normalized spacial score (nSPS) is 11.2. The number of amides is 1. The van der Waals surface area contributed by atoms with Crippen LogP contribution in [0.5, 0.6) is 0 Å². The van der Waals surface area contributed by atoms with Gasteiger partial charge >= 0.3 is 5.97 Å². The maximum absolute atomic E-state index is 11.7. The fourth-order valence-corrected chi connectivity index (χ4v) is 2.15. The largest absolute Gasteiger partial charge is 0.480 e. The molecule has 0 spiro atoms. The molecule has 0 aromatic carbocycles. The van der Waals surface area contributed by atoms with Gasteiger partial charge in [0, 0.05) is 12.7 Å². The highest BCUT2D eigenvalue weighted by atomic mass is 32.2. The van der Waals surface area contributed by atoms with Crippen molar-refractivity contribution in [2.24, 2.45) is 0 Å². The molecule has 0 aliphatic rings. The first-order valence-corrected chi connectivity index (χ1v) is 6.84. The molecule has 0 unspecified atom stereocenters. The molecule has 1 aromatic rings. The van der Waals surface area contributed by atoms with Crippen molar-refractivity contribution in [3.63, 3.8) is 0 Å². The number of aromatic nitrogens is 2. The summed E-state index contributed by atoms with van der Waals surface area (Å²) in [5.41, 5.74) is 0. The topological polar surface area (TPSA) is 130 Å². The van der Waals surface area contributed by atoms with E-state index in [1.165, 1.54) is 0 Å². The Morgan fingerprint density at radius 2 is 2.16 bits per heavy atom. The van der Waals surface area contributed by atoms with Gasteiger partial charge in [-0.3, -0.25) is 14.3 Å². The van der Waals surface area contributed by atoms with Crippen LogP contribution in [0.3, 0.4) is 0 Å². The smallest absolute Gasteiger partial charge is 0.325 e. The average Bonchev–Trinajstić information content (AvgIpc) is 2.75.